The fourth-order valence-corrected chi connectivity index (χ4v) is 1.79. The lowest BCUT2D eigenvalue weighted by molar-refractivity contribution is -0.0146. The number of imidazole rings is 1. The Balaban J connectivity index is 1.87. The molecule has 0 bridgehead atoms. The summed E-state index contributed by atoms with van der Waals surface area (Å²) in [6.45, 7) is -0.467. The van der Waals surface area contributed by atoms with Gasteiger partial charge in [-0.25, -0.2) is 15.0 Å². The Bertz CT molecular complexity index is 657. The molecular formula is C9H14N5O6P. The lowest BCUT2D eigenvalue weighted by atomic mass is 10.4. The molecule has 0 amide bonds. The average molecular weight is 319 g/mol. The second-order valence-electron chi connectivity index (χ2n) is 4.12. The largest absolute Gasteiger partial charge is 0.408 e. The number of aliphatic hydroxyl groups excluding tert-OH is 1. The molecule has 2 heterocycles. The lowest BCUT2D eigenvalue weighted by Crippen LogP contribution is -2.27. The number of nitrogen functional groups attached to an aromatic ring is 1. The lowest BCUT2D eigenvalue weighted by Gasteiger charge is -2.13. The number of nitrogens with two attached hydrogens (primary N) is 1. The molecule has 1 atom stereocenters. The molecule has 2 aromatic rings. The van der Waals surface area contributed by atoms with Crippen LogP contribution in [0.15, 0.2) is 12.7 Å². The van der Waals surface area contributed by atoms with Crippen LogP contribution in [0.25, 0.3) is 11.2 Å². The number of hydrogen-bond donors (Lipinski definition) is 4. The summed E-state index contributed by atoms with van der Waals surface area (Å²) in [7, 11) is -4.25. The van der Waals surface area contributed by atoms with E-state index in [0.717, 1.165) is 0 Å². The third-order valence-electron chi connectivity index (χ3n) is 2.31. The SMILES string of the molecule is Nc1ncnc2c1ncn2OCC(O)COCP(=O)(O)O. The molecule has 1 unspecified atom stereocenters. The number of anilines is 1. The number of hydrogen-bond acceptors (Lipinski definition) is 8. The van der Waals surface area contributed by atoms with Crippen molar-refractivity contribution in [2.24, 2.45) is 0 Å². The van der Waals surface area contributed by atoms with Crippen molar-refractivity contribution in [3.05, 3.63) is 12.7 Å². The monoisotopic (exact) mass is 319 g/mol. The van der Waals surface area contributed by atoms with E-state index in [1.807, 2.05) is 0 Å². The van der Waals surface area contributed by atoms with E-state index in [-0.39, 0.29) is 19.0 Å². The van der Waals surface area contributed by atoms with Gasteiger partial charge >= 0.3 is 7.60 Å². The highest BCUT2D eigenvalue weighted by Gasteiger charge is 2.15. The summed E-state index contributed by atoms with van der Waals surface area (Å²) in [5.74, 6) is 0.202. The molecular weight excluding hydrogens is 305 g/mol. The van der Waals surface area contributed by atoms with Crippen LogP contribution in [0.1, 0.15) is 0 Å². The average Bonchev–Trinajstić information content (AvgIpc) is 2.79. The second kappa shape index (κ2) is 6.33. The Morgan fingerprint density at radius 2 is 2.10 bits per heavy atom. The number of rotatable bonds is 7. The number of ether oxygens (including phenoxy) is 1. The summed E-state index contributed by atoms with van der Waals surface area (Å²) in [4.78, 5) is 34.1. The minimum Gasteiger partial charge on any atom is -0.408 e. The van der Waals surface area contributed by atoms with Crippen LogP contribution in [0.5, 0.6) is 0 Å². The molecule has 0 aliphatic heterocycles. The zero-order chi connectivity index (χ0) is 15.5. The highest BCUT2D eigenvalue weighted by atomic mass is 31.2. The first-order chi connectivity index (χ1) is 9.87. The first-order valence-electron chi connectivity index (χ1n) is 5.74. The number of nitrogens with zero attached hydrogens (tertiary/aromatic N) is 4. The molecule has 0 radical (unpaired) electrons. The van der Waals surface area contributed by atoms with Crippen molar-refractivity contribution in [3.8, 4) is 0 Å². The molecule has 11 nitrogen and oxygen atoms in total. The third kappa shape index (κ3) is 4.34. The first-order valence-corrected chi connectivity index (χ1v) is 7.54. The third-order valence-corrected chi connectivity index (χ3v) is 2.83. The predicted octanol–water partition coefficient (Wildman–Crippen LogP) is -1.65. The molecule has 2 aromatic heterocycles. The van der Waals surface area contributed by atoms with E-state index in [0.29, 0.717) is 11.2 Å². The molecule has 0 saturated heterocycles. The maximum absolute atomic E-state index is 10.6. The van der Waals surface area contributed by atoms with Gasteiger partial charge in [0.2, 0.25) is 5.65 Å². The van der Waals surface area contributed by atoms with Crippen molar-refractivity contribution in [1.82, 2.24) is 19.7 Å². The van der Waals surface area contributed by atoms with E-state index in [9.17, 15) is 9.67 Å². The van der Waals surface area contributed by atoms with E-state index in [4.69, 9.17) is 20.4 Å². The van der Waals surface area contributed by atoms with E-state index >= 15 is 0 Å². The summed E-state index contributed by atoms with van der Waals surface area (Å²) < 4.78 is 16.4. The van der Waals surface area contributed by atoms with Crippen molar-refractivity contribution in [1.29, 1.82) is 0 Å². The molecule has 0 aromatic carbocycles. The molecule has 0 aliphatic carbocycles. The van der Waals surface area contributed by atoms with Crippen LogP contribution in [0.2, 0.25) is 0 Å². The topological polar surface area (TPSA) is 166 Å². The molecule has 116 valence electrons. The number of aromatic nitrogens is 4. The molecule has 2 rings (SSSR count). The predicted molar refractivity (Wildman–Crippen MR) is 70.1 cm³/mol. The summed E-state index contributed by atoms with van der Waals surface area (Å²) in [6.07, 6.45) is 0.729. The summed E-state index contributed by atoms with van der Waals surface area (Å²) in [5.41, 5.74) is 6.31. The van der Waals surface area contributed by atoms with Crippen LogP contribution in [0.4, 0.5) is 5.82 Å². The Hall–Kier alpha value is -1.78. The Morgan fingerprint density at radius 3 is 2.81 bits per heavy atom. The van der Waals surface area contributed by atoms with Gasteiger partial charge in [0.25, 0.3) is 0 Å². The molecule has 0 saturated carbocycles. The van der Waals surface area contributed by atoms with Gasteiger partial charge in [-0.3, -0.25) is 4.57 Å². The molecule has 5 N–H and O–H groups in total. The van der Waals surface area contributed by atoms with Gasteiger partial charge in [-0.2, -0.15) is 4.73 Å². The second-order valence-corrected chi connectivity index (χ2v) is 5.70. The van der Waals surface area contributed by atoms with Crippen LogP contribution in [-0.2, 0) is 9.30 Å². The molecule has 0 fully saturated rings. The molecule has 21 heavy (non-hydrogen) atoms. The van der Waals surface area contributed by atoms with Crippen LogP contribution < -0.4 is 10.6 Å². The fraction of sp³-hybridized carbons (Fsp3) is 0.444. The van der Waals surface area contributed by atoms with Gasteiger partial charge in [0.1, 0.15) is 31.7 Å². The minimum atomic E-state index is -4.25. The number of fused-ring (bicyclic) bond motifs is 1. The normalized spacial score (nSPS) is 13.5. The van der Waals surface area contributed by atoms with Gasteiger partial charge in [0.05, 0.1) is 6.61 Å². The zero-order valence-corrected chi connectivity index (χ0v) is 11.6. The van der Waals surface area contributed by atoms with Crippen LogP contribution in [0, 0.1) is 0 Å². The maximum atomic E-state index is 10.6. The minimum absolute atomic E-state index is 0.184. The van der Waals surface area contributed by atoms with Gasteiger partial charge in [-0.05, 0) is 0 Å². The van der Waals surface area contributed by atoms with E-state index in [1.54, 1.807) is 0 Å². The standard InChI is InChI=1S/C9H14N5O6P/c10-8-7-9(12-3-11-8)14(4-13-7)20-2-6(15)1-19-5-21(16,17)18/h3-4,6,15H,1-2,5H2,(H2,10,11,12)(H2,16,17,18). The zero-order valence-electron chi connectivity index (χ0n) is 10.7. The van der Waals surface area contributed by atoms with Crippen molar-refractivity contribution < 1.29 is 29.0 Å². The smallest absolute Gasteiger partial charge is 0.350 e. The fourth-order valence-electron chi connectivity index (χ4n) is 1.45. The van der Waals surface area contributed by atoms with Crippen LogP contribution >= 0.6 is 7.60 Å². The highest BCUT2D eigenvalue weighted by molar-refractivity contribution is 7.51. The Labute approximate surface area is 118 Å². The van der Waals surface area contributed by atoms with E-state index in [1.165, 1.54) is 17.4 Å². The van der Waals surface area contributed by atoms with E-state index < -0.39 is 20.0 Å². The highest BCUT2D eigenvalue weighted by Crippen LogP contribution is 2.33. The molecule has 0 aliphatic rings. The van der Waals surface area contributed by atoms with Crippen molar-refractivity contribution in [2.45, 2.75) is 6.10 Å². The summed E-state index contributed by atoms with van der Waals surface area (Å²) in [6, 6.07) is 0. The molecule has 12 heteroatoms. The van der Waals surface area contributed by atoms with Crippen LogP contribution in [-0.4, -0.2) is 60.2 Å². The van der Waals surface area contributed by atoms with Gasteiger partial charge in [0.15, 0.2) is 11.3 Å². The summed E-state index contributed by atoms with van der Waals surface area (Å²) >= 11 is 0. The Kier molecular flexibility index (Phi) is 4.70. The quantitative estimate of drug-likeness (QED) is 0.434. The van der Waals surface area contributed by atoms with Gasteiger partial charge in [-0.1, -0.05) is 0 Å². The van der Waals surface area contributed by atoms with Crippen molar-refractivity contribution >= 4 is 24.6 Å². The van der Waals surface area contributed by atoms with Crippen molar-refractivity contribution in [3.63, 3.8) is 0 Å². The van der Waals surface area contributed by atoms with Crippen LogP contribution in [0.3, 0.4) is 0 Å². The summed E-state index contributed by atoms with van der Waals surface area (Å²) in [5, 5.41) is 9.58. The Morgan fingerprint density at radius 1 is 1.33 bits per heavy atom. The van der Waals surface area contributed by atoms with Gasteiger partial charge in [-0.15, -0.1) is 0 Å². The van der Waals surface area contributed by atoms with E-state index in [2.05, 4.69) is 19.7 Å². The van der Waals surface area contributed by atoms with Gasteiger partial charge in [0, 0.05) is 0 Å². The first kappa shape index (κ1) is 15.6. The van der Waals surface area contributed by atoms with Gasteiger partial charge < -0.3 is 30.2 Å². The molecule has 0 spiro atoms. The maximum Gasteiger partial charge on any atom is 0.350 e. The number of aliphatic hydroxyl groups is 1. The van der Waals surface area contributed by atoms with Crippen molar-refractivity contribution in [2.75, 3.05) is 25.3 Å².